The SMILES string of the molecule is CC(C)CCN(Cc1ccccc1F)CC(O)COCC(C)C. The molecule has 1 N–H and O–H groups in total. The molecule has 3 nitrogen and oxygen atoms in total. The molecule has 0 aliphatic rings. The maximum atomic E-state index is 13.9. The van der Waals surface area contributed by atoms with Crippen LogP contribution in [0.3, 0.4) is 0 Å². The molecule has 1 aromatic rings. The molecule has 0 radical (unpaired) electrons. The van der Waals surface area contributed by atoms with Crippen LogP contribution < -0.4 is 0 Å². The van der Waals surface area contributed by atoms with E-state index in [0.29, 0.717) is 43.7 Å². The third-order valence-corrected chi connectivity index (χ3v) is 3.60. The van der Waals surface area contributed by atoms with Crippen LogP contribution in [-0.2, 0) is 11.3 Å². The van der Waals surface area contributed by atoms with E-state index in [-0.39, 0.29) is 5.82 Å². The van der Waals surface area contributed by atoms with E-state index in [1.807, 2.05) is 6.07 Å². The summed E-state index contributed by atoms with van der Waals surface area (Å²) in [4.78, 5) is 2.11. The van der Waals surface area contributed by atoms with Crippen molar-refractivity contribution < 1.29 is 14.2 Å². The normalized spacial score (nSPS) is 13.3. The summed E-state index contributed by atoms with van der Waals surface area (Å²) >= 11 is 0. The number of nitrogens with zero attached hydrogens (tertiary/aromatic N) is 1. The third kappa shape index (κ3) is 9.04. The lowest BCUT2D eigenvalue weighted by Gasteiger charge is -2.26. The fourth-order valence-electron chi connectivity index (χ4n) is 2.33. The minimum Gasteiger partial charge on any atom is -0.389 e. The summed E-state index contributed by atoms with van der Waals surface area (Å²) in [7, 11) is 0. The molecule has 1 aromatic carbocycles. The van der Waals surface area contributed by atoms with Crippen molar-refractivity contribution >= 4 is 0 Å². The summed E-state index contributed by atoms with van der Waals surface area (Å²) in [5, 5.41) is 10.2. The van der Waals surface area contributed by atoms with Gasteiger partial charge in [-0.2, -0.15) is 0 Å². The first-order valence-electron chi connectivity index (χ1n) is 8.60. The zero-order valence-corrected chi connectivity index (χ0v) is 15.0. The Bertz CT molecular complexity index is 437. The molecule has 132 valence electrons. The smallest absolute Gasteiger partial charge is 0.127 e. The number of ether oxygens (including phenoxy) is 1. The molecule has 23 heavy (non-hydrogen) atoms. The van der Waals surface area contributed by atoms with Crippen molar-refractivity contribution in [3.05, 3.63) is 35.6 Å². The molecular formula is C19H32FNO2. The molecule has 0 aliphatic carbocycles. The monoisotopic (exact) mass is 325 g/mol. The van der Waals surface area contributed by atoms with Crippen LogP contribution in [-0.4, -0.2) is 42.4 Å². The van der Waals surface area contributed by atoms with Gasteiger partial charge in [0.05, 0.1) is 12.7 Å². The average molecular weight is 325 g/mol. The number of aliphatic hydroxyl groups excluding tert-OH is 1. The second kappa shape index (κ2) is 10.7. The van der Waals surface area contributed by atoms with Gasteiger partial charge in [-0.25, -0.2) is 4.39 Å². The first kappa shape index (κ1) is 20.1. The molecule has 4 heteroatoms. The van der Waals surface area contributed by atoms with Gasteiger partial charge in [0.2, 0.25) is 0 Å². The Morgan fingerprint density at radius 3 is 2.39 bits per heavy atom. The number of halogens is 1. The van der Waals surface area contributed by atoms with Crippen molar-refractivity contribution in [1.29, 1.82) is 0 Å². The van der Waals surface area contributed by atoms with Crippen LogP contribution in [0, 0.1) is 17.7 Å². The van der Waals surface area contributed by atoms with Crippen molar-refractivity contribution in [3.63, 3.8) is 0 Å². The molecule has 0 aromatic heterocycles. The van der Waals surface area contributed by atoms with Gasteiger partial charge >= 0.3 is 0 Å². The van der Waals surface area contributed by atoms with Crippen molar-refractivity contribution in [2.45, 2.75) is 46.8 Å². The van der Waals surface area contributed by atoms with Gasteiger partial charge in [-0.15, -0.1) is 0 Å². The highest BCUT2D eigenvalue weighted by molar-refractivity contribution is 5.17. The standard InChI is InChI=1S/C19H32FNO2/c1-15(2)9-10-21(11-17-7-5-6-8-19(17)20)12-18(22)14-23-13-16(3)4/h5-8,15-16,18,22H,9-14H2,1-4H3. The third-order valence-electron chi connectivity index (χ3n) is 3.60. The highest BCUT2D eigenvalue weighted by Gasteiger charge is 2.15. The highest BCUT2D eigenvalue weighted by atomic mass is 19.1. The predicted molar refractivity (Wildman–Crippen MR) is 92.8 cm³/mol. The van der Waals surface area contributed by atoms with Crippen LogP contribution >= 0.6 is 0 Å². The lowest BCUT2D eigenvalue weighted by atomic mass is 10.1. The summed E-state index contributed by atoms with van der Waals surface area (Å²) in [5.74, 6) is 0.845. The minimum atomic E-state index is -0.548. The summed E-state index contributed by atoms with van der Waals surface area (Å²) in [6.45, 7) is 11.3. The Balaban J connectivity index is 2.56. The van der Waals surface area contributed by atoms with Crippen LogP contribution in [0.4, 0.5) is 4.39 Å². The maximum absolute atomic E-state index is 13.9. The van der Waals surface area contributed by atoms with E-state index in [4.69, 9.17) is 4.74 Å². The van der Waals surface area contributed by atoms with Gasteiger partial charge in [0.15, 0.2) is 0 Å². The first-order chi connectivity index (χ1) is 10.9. The Kier molecular flexibility index (Phi) is 9.37. The van der Waals surface area contributed by atoms with E-state index in [1.165, 1.54) is 6.07 Å². The van der Waals surface area contributed by atoms with Gasteiger partial charge in [-0.05, 0) is 30.9 Å². The summed E-state index contributed by atoms with van der Waals surface area (Å²) < 4.78 is 19.4. The molecular weight excluding hydrogens is 293 g/mol. The van der Waals surface area contributed by atoms with Crippen LogP contribution in [0.25, 0.3) is 0 Å². The molecule has 1 atom stereocenters. The topological polar surface area (TPSA) is 32.7 Å². The molecule has 0 bridgehead atoms. The van der Waals surface area contributed by atoms with E-state index in [0.717, 1.165) is 13.0 Å². The summed E-state index contributed by atoms with van der Waals surface area (Å²) in [5.41, 5.74) is 0.673. The van der Waals surface area contributed by atoms with Crippen LogP contribution in [0.15, 0.2) is 24.3 Å². The van der Waals surface area contributed by atoms with E-state index in [2.05, 4.69) is 32.6 Å². The van der Waals surface area contributed by atoms with Crippen molar-refractivity contribution in [2.75, 3.05) is 26.3 Å². The van der Waals surface area contributed by atoms with Gasteiger partial charge in [-0.3, -0.25) is 4.90 Å². The van der Waals surface area contributed by atoms with Crippen LogP contribution in [0.2, 0.25) is 0 Å². The summed E-state index contributed by atoms with van der Waals surface area (Å²) in [6, 6.07) is 6.84. The molecule has 0 fully saturated rings. The molecule has 1 unspecified atom stereocenters. The van der Waals surface area contributed by atoms with Crippen molar-refractivity contribution in [3.8, 4) is 0 Å². The van der Waals surface area contributed by atoms with Gasteiger partial charge in [0.25, 0.3) is 0 Å². The van der Waals surface area contributed by atoms with Gasteiger partial charge in [0, 0.05) is 25.3 Å². The molecule has 1 rings (SSSR count). The number of rotatable bonds is 11. The summed E-state index contributed by atoms with van der Waals surface area (Å²) in [6.07, 6.45) is 0.473. The highest BCUT2D eigenvalue weighted by Crippen LogP contribution is 2.12. The van der Waals surface area contributed by atoms with Crippen LogP contribution in [0.1, 0.15) is 39.7 Å². The molecule has 0 aliphatic heterocycles. The Morgan fingerprint density at radius 2 is 1.78 bits per heavy atom. The minimum absolute atomic E-state index is 0.187. The zero-order valence-electron chi connectivity index (χ0n) is 15.0. The van der Waals surface area contributed by atoms with Gasteiger partial charge < -0.3 is 9.84 Å². The van der Waals surface area contributed by atoms with Gasteiger partial charge in [-0.1, -0.05) is 45.9 Å². The Hall–Kier alpha value is -0.970. The molecule has 0 heterocycles. The van der Waals surface area contributed by atoms with Gasteiger partial charge in [0.1, 0.15) is 5.82 Å². The van der Waals surface area contributed by atoms with Crippen molar-refractivity contribution in [2.24, 2.45) is 11.8 Å². The number of aliphatic hydroxyl groups is 1. The fourth-order valence-corrected chi connectivity index (χ4v) is 2.33. The average Bonchev–Trinajstić information content (AvgIpc) is 2.46. The van der Waals surface area contributed by atoms with Crippen molar-refractivity contribution in [1.82, 2.24) is 4.90 Å². The molecule has 0 saturated heterocycles. The Morgan fingerprint density at radius 1 is 1.09 bits per heavy atom. The second-order valence-electron chi connectivity index (χ2n) is 7.09. The fraction of sp³-hybridized carbons (Fsp3) is 0.684. The predicted octanol–water partition coefficient (Wildman–Crippen LogP) is 3.71. The first-order valence-corrected chi connectivity index (χ1v) is 8.60. The molecule has 0 spiro atoms. The lowest BCUT2D eigenvalue weighted by Crippen LogP contribution is -2.36. The van der Waals surface area contributed by atoms with Crippen LogP contribution in [0.5, 0.6) is 0 Å². The maximum Gasteiger partial charge on any atom is 0.127 e. The van der Waals surface area contributed by atoms with E-state index >= 15 is 0 Å². The van der Waals surface area contributed by atoms with E-state index in [9.17, 15) is 9.50 Å². The molecule has 0 saturated carbocycles. The number of hydrogen-bond donors (Lipinski definition) is 1. The Labute approximate surface area is 140 Å². The number of benzene rings is 1. The largest absolute Gasteiger partial charge is 0.389 e. The number of hydrogen-bond acceptors (Lipinski definition) is 3. The molecule has 0 amide bonds. The van der Waals surface area contributed by atoms with E-state index < -0.39 is 6.10 Å². The zero-order chi connectivity index (χ0) is 17.2. The van der Waals surface area contributed by atoms with E-state index in [1.54, 1.807) is 12.1 Å². The quantitative estimate of drug-likeness (QED) is 0.673. The lowest BCUT2D eigenvalue weighted by molar-refractivity contribution is 0.00614. The second-order valence-corrected chi connectivity index (χ2v) is 7.09.